The molecule has 0 aliphatic carbocycles. The fourth-order valence-electron chi connectivity index (χ4n) is 2.85. The van der Waals surface area contributed by atoms with E-state index in [0.717, 1.165) is 38.5 Å². The van der Waals surface area contributed by atoms with Gasteiger partial charge in [-0.25, -0.2) is 0 Å². The minimum atomic E-state index is -0.113. The minimum absolute atomic E-state index is 0.00203. The van der Waals surface area contributed by atoms with E-state index in [9.17, 15) is 9.59 Å². The van der Waals surface area contributed by atoms with Crippen LogP contribution in [-0.4, -0.2) is 25.2 Å². The summed E-state index contributed by atoms with van der Waals surface area (Å²) < 4.78 is 10.0. The number of carbonyl (C=O) groups is 2. The number of carbonyl (C=O) groups excluding carboxylic acids is 2. The SMILES string of the molecule is COC(=O)CCCCCCCC[C@@H]1C[C@H](C(C)C)C(=O)O1. The molecule has 2 atom stereocenters. The van der Waals surface area contributed by atoms with Crippen LogP contribution in [0.15, 0.2) is 0 Å². The number of unbranched alkanes of at least 4 members (excludes halogenated alkanes) is 5. The van der Waals surface area contributed by atoms with Crippen molar-refractivity contribution in [1.29, 1.82) is 0 Å². The Hall–Kier alpha value is -1.06. The molecule has 0 radical (unpaired) electrons. The van der Waals surface area contributed by atoms with Gasteiger partial charge >= 0.3 is 11.9 Å². The molecule has 1 heterocycles. The second kappa shape index (κ2) is 9.80. The van der Waals surface area contributed by atoms with Crippen molar-refractivity contribution in [3.05, 3.63) is 0 Å². The van der Waals surface area contributed by atoms with E-state index in [1.165, 1.54) is 20.0 Å². The zero-order valence-corrected chi connectivity index (χ0v) is 13.7. The van der Waals surface area contributed by atoms with Crippen LogP contribution in [0.25, 0.3) is 0 Å². The van der Waals surface area contributed by atoms with Crippen LogP contribution >= 0.6 is 0 Å². The predicted molar refractivity (Wildman–Crippen MR) is 81.8 cm³/mol. The average Bonchev–Trinajstić information content (AvgIpc) is 2.82. The molecule has 0 bridgehead atoms. The number of hydrogen-bond donors (Lipinski definition) is 0. The first-order valence-corrected chi connectivity index (χ1v) is 8.32. The highest BCUT2D eigenvalue weighted by molar-refractivity contribution is 5.74. The smallest absolute Gasteiger partial charge is 0.309 e. The van der Waals surface area contributed by atoms with Crippen molar-refractivity contribution >= 4 is 11.9 Å². The summed E-state index contributed by atoms with van der Waals surface area (Å²) in [5, 5.41) is 0. The van der Waals surface area contributed by atoms with Crippen molar-refractivity contribution in [1.82, 2.24) is 0 Å². The summed E-state index contributed by atoms with van der Waals surface area (Å²) in [6, 6.07) is 0. The van der Waals surface area contributed by atoms with Gasteiger partial charge in [0.05, 0.1) is 13.0 Å². The summed E-state index contributed by atoms with van der Waals surface area (Å²) in [6.07, 6.45) is 9.23. The van der Waals surface area contributed by atoms with Crippen molar-refractivity contribution in [2.75, 3.05) is 7.11 Å². The summed E-state index contributed by atoms with van der Waals surface area (Å²) in [5.41, 5.74) is 0. The van der Waals surface area contributed by atoms with Crippen LogP contribution in [0.1, 0.15) is 71.6 Å². The maximum atomic E-state index is 11.7. The first-order valence-electron chi connectivity index (χ1n) is 8.32. The van der Waals surface area contributed by atoms with Crippen LogP contribution in [0.3, 0.4) is 0 Å². The van der Waals surface area contributed by atoms with Crippen molar-refractivity contribution in [3.8, 4) is 0 Å². The fraction of sp³-hybridized carbons (Fsp3) is 0.882. The van der Waals surface area contributed by atoms with E-state index < -0.39 is 0 Å². The molecule has 4 heteroatoms. The number of ether oxygens (including phenoxy) is 2. The van der Waals surface area contributed by atoms with Crippen molar-refractivity contribution in [2.45, 2.75) is 77.7 Å². The van der Waals surface area contributed by atoms with Gasteiger partial charge in [0.25, 0.3) is 0 Å². The highest BCUT2D eigenvalue weighted by atomic mass is 16.6. The Bertz CT molecular complexity index is 325. The molecular formula is C17H30O4. The zero-order valence-electron chi connectivity index (χ0n) is 13.7. The largest absolute Gasteiger partial charge is 0.469 e. The molecule has 21 heavy (non-hydrogen) atoms. The molecule has 0 spiro atoms. The Labute approximate surface area is 128 Å². The van der Waals surface area contributed by atoms with Crippen LogP contribution in [0.5, 0.6) is 0 Å². The highest BCUT2D eigenvalue weighted by Crippen LogP contribution is 2.30. The average molecular weight is 298 g/mol. The molecule has 1 rings (SSSR count). The molecule has 1 saturated heterocycles. The van der Waals surface area contributed by atoms with Gasteiger partial charge in [0.2, 0.25) is 0 Å². The van der Waals surface area contributed by atoms with Gasteiger partial charge in [0, 0.05) is 6.42 Å². The van der Waals surface area contributed by atoms with Crippen molar-refractivity contribution < 1.29 is 19.1 Å². The lowest BCUT2D eigenvalue weighted by Crippen LogP contribution is -2.13. The molecule has 1 aliphatic heterocycles. The third kappa shape index (κ3) is 6.96. The van der Waals surface area contributed by atoms with Gasteiger partial charge in [-0.1, -0.05) is 39.5 Å². The summed E-state index contributed by atoms with van der Waals surface area (Å²) in [7, 11) is 1.43. The summed E-state index contributed by atoms with van der Waals surface area (Å²) in [4.78, 5) is 22.6. The van der Waals surface area contributed by atoms with Gasteiger partial charge < -0.3 is 9.47 Å². The van der Waals surface area contributed by atoms with Crippen molar-refractivity contribution in [2.24, 2.45) is 11.8 Å². The third-order valence-electron chi connectivity index (χ3n) is 4.29. The number of cyclic esters (lactones) is 1. The lowest BCUT2D eigenvalue weighted by atomic mass is 9.91. The maximum absolute atomic E-state index is 11.7. The third-order valence-corrected chi connectivity index (χ3v) is 4.29. The molecule has 0 N–H and O–H groups in total. The molecule has 0 unspecified atom stereocenters. The quantitative estimate of drug-likeness (QED) is 0.454. The van der Waals surface area contributed by atoms with Gasteiger partial charge in [0.1, 0.15) is 6.10 Å². The lowest BCUT2D eigenvalue weighted by molar-refractivity contribution is -0.145. The van der Waals surface area contributed by atoms with E-state index in [4.69, 9.17) is 4.74 Å². The Morgan fingerprint density at radius 3 is 2.38 bits per heavy atom. The maximum Gasteiger partial charge on any atom is 0.309 e. The summed E-state index contributed by atoms with van der Waals surface area (Å²) in [6.45, 7) is 4.17. The number of hydrogen-bond acceptors (Lipinski definition) is 4. The fourth-order valence-corrected chi connectivity index (χ4v) is 2.85. The molecule has 1 aliphatic rings. The molecule has 0 aromatic heterocycles. The van der Waals surface area contributed by atoms with Gasteiger partial charge in [0.15, 0.2) is 0 Å². The van der Waals surface area contributed by atoms with Crippen LogP contribution in [0.2, 0.25) is 0 Å². The predicted octanol–water partition coefficient (Wildman–Crippen LogP) is 3.87. The zero-order chi connectivity index (χ0) is 15.7. The van der Waals surface area contributed by atoms with Crippen molar-refractivity contribution in [3.63, 3.8) is 0 Å². The van der Waals surface area contributed by atoms with Gasteiger partial charge in [-0.2, -0.15) is 0 Å². The summed E-state index contributed by atoms with van der Waals surface area (Å²) in [5.74, 6) is 0.376. The second-order valence-corrected chi connectivity index (χ2v) is 6.38. The highest BCUT2D eigenvalue weighted by Gasteiger charge is 2.35. The Morgan fingerprint density at radius 1 is 1.19 bits per heavy atom. The standard InChI is InChI=1S/C17H30O4/c1-13(2)15-12-14(21-17(15)19)10-8-6-4-5-7-9-11-16(18)20-3/h13-15H,4-12H2,1-3H3/t14-,15-/m1/s1. The molecule has 0 amide bonds. The van der Waals surface area contributed by atoms with Gasteiger partial charge in [-0.3, -0.25) is 9.59 Å². The molecule has 4 nitrogen and oxygen atoms in total. The van der Waals surface area contributed by atoms with E-state index in [-0.39, 0.29) is 24.0 Å². The minimum Gasteiger partial charge on any atom is -0.469 e. The first kappa shape index (κ1) is 18.0. The number of rotatable bonds is 10. The van der Waals surface area contributed by atoms with Crippen LogP contribution in [-0.2, 0) is 19.1 Å². The Kier molecular flexibility index (Phi) is 8.40. The van der Waals surface area contributed by atoms with E-state index >= 15 is 0 Å². The molecule has 122 valence electrons. The second-order valence-electron chi connectivity index (χ2n) is 6.38. The topological polar surface area (TPSA) is 52.6 Å². The van der Waals surface area contributed by atoms with E-state index in [1.54, 1.807) is 0 Å². The first-order chi connectivity index (χ1) is 10.0. The molecule has 1 fully saturated rings. The monoisotopic (exact) mass is 298 g/mol. The van der Waals surface area contributed by atoms with E-state index in [1.807, 2.05) is 0 Å². The molecule has 0 saturated carbocycles. The van der Waals surface area contributed by atoms with Gasteiger partial charge in [-0.05, 0) is 31.6 Å². The normalized spacial score (nSPS) is 21.6. The molecule has 0 aromatic carbocycles. The van der Waals surface area contributed by atoms with Gasteiger partial charge in [-0.15, -0.1) is 0 Å². The van der Waals surface area contributed by atoms with Crippen LogP contribution in [0, 0.1) is 11.8 Å². The van der Waals surface area contributed by atoms with E-state index in [2.05, 4.69) is 18.6 Å². The number of esters is 2. The van der Waals surface area contributed by atoms with Crippen LogP contribution < -0.4 is 0 Å². The van der Waals surface area contributed by atoms with E-state index in [0.29, 0.717) is 12.3 Å². The summed E-state index contributed by atoms with van der Waals surface area (Å²) >= 11 is 0. The lowest BCUT2D eigenvalue weighted by Gasteiger charge is -2.09. The Morgan fingerprint density at radius 2 is 1.81 bits per heavy atom. The number of methoxy groups -OCH3 is 1. The van der Waals surface area contributed by atoms with Crippen LogP contribution in [0.4, 0.5) is 0 Å². The molecular weight excluding hydrogens is 268 g/mol. The molecule has 0 aromatic rings. The Balaban J connectivity index is 1.96.